The fourth-order valence-corrected chi connectivity index (χ4v) is 3.52. The number of hydrogen-bond donors (Lipinski definition) is 3. The van der Waals surface area contributed by atoms with Gasteiger partial charge < -0.3 is 30.0 Å². The highest BCUT2D eigenvalue weighted by Crippen LogP contribution is 2.31. The molecule has 0 spiro atoms. The number of hydrogen-bond acceptors (Lipinski definition) is 10. The molecule has 2 heterocycles. The van der Waals surface area contributed by atoms with E-state index in [-0.39, 0.29) is 5.75 Å². The van der Waals surface area contributed by atoms with Crippen molar-refractivity contribution in [3.8, 4) is 17.2 Å². The molecule has 4 rings (SSSR count). The SMILES string of the molecule is COc1ccc(Nc2ncnc(Nc3ccc(C)c(O)c3)n2)cc1OCCCN1CCOCC1. The lowest BCUT2D eigenvalue weighted by molar-refractivity contribution is 0.0357. The number of rotatable bonds is 10. The van der Waals surface area contributed by atoms with E-state index < -0.39 is 0 Å². The summed E-state index contributed by atoms with van der Waals surface area (Å²) in [4.78, 5) is 15.1. The quantitative estimate of drug-likeness (QED) is 0.384. The van der Waals surface area contributed by atoms with Crippen LogP contribution in [0.4, 0.5) is 23.3 Å². The smallest absolute Gasteiger partial charge is 0.232 e. The van der Waals surface area contributed by atoms with E-state index in [9.17, 15) is 5.11 Å². The molecule has 10 nitrogen and oxygen atoms in total. The molecule has 34 heavy (non-hydrogen) atoms. The van der Waals surface area contributed by atoms with Gasteiger partial charge in [0.05, 0.1) is 26.9 Å². The average Bonchev–Trinajstić information content (AvgIpc) is 2.85. The second-order valence-corrected chi connectivity index (χ2v) is 7.91. The molecule has 0 saturated carbocycles. The van der Waals surface area contributed by atoms with E-state index in [1.54, 1.807) is 13.2 Å². The molecule has 0 radical (unpaired) electrons. The molecule has 0 unspecified atom stereocenters. The van der Waals surface area contributed by atoms with Crippen LogP contribution in [0, 0.1) is 6.92 Å². The van der Waals surface area contributed by atoms with Crippen LogP contribution in [0.5, 0.6) is 17.2 Å². The van der Waals surface area contributed by atoms with Crippen LogP contribution in [-0.2, 0) is 4.74 Å². The number of aromatic nitrogens is 3. The first-order chi connectivity index (χ1) is 16.6. The second kappa shape index (κ2) is 11.5. The van der Waals surface area contributed by atoms with Gasteiger partial charge in [0.25, 0.3) is 0 Å². The normalized spacial score (nSPS) is 13.9. The third-order valence-corrected chi connectivity index (χ3v) is 5.44. The van der Waals surface area contributed by atoms with Crippen LogP contribution in [0.3, 0.4) is 0 Å². The maximum absolute atomic E-state index is 9.90. The number of nitrogens with zero attached hydrogens (tertiary/aromatic N) is 4. The van der Waals surface area contributed by atoms with Gasteiger partial charge in [0, 0.05) is 43.1 Å². The van der Waals surface area contributed by atoms with Crippen molar-refractivity contribution >= 4 is 23.3 Å². The number of aryl methyl sites for hydroxylation is 1. The summed E-state index contributed by atoms with van der Waals surface area (Å²) in [6.07, 6.45) is 2.33. The first-order valence-corrected chi connectivity index (χ1v) is 11.2. The average molecular weight is 467 g/mol. The minimum atomic E-state index is 0.202. The lowest BCUT2D eigenvalue weighted by Gasteiger charge is -2.26. The third-order valence-electron chi connectivity index (χ3n) is 5.44. The highest BCUT2D eigenvalue weighted by molar-refractivity contribution is 5.61. The third kappa shape index (κ3) is 6.46. The molecule has 1 aromatic heterocycles. The Morgan fingerprint density at radius 1 is 1.00 bits per heavy atom. The van der Waals surface area contributed by atoms with Gasteiger partial charge in [-0.2, -0.15) is 4.98 Å². The zero-order chi connectivity index (χ0) is 23.8. The van der Waals surface area contributed by atoms with Crippen molar-refractivity contribution in [3.63, 3.8) is 0 Å². The number of anilines is 4. The number of nitrogens with one attached hydrogen (secondary N) is 2. The van der Waals surface area contributed by atoms with Gasteiger partial charge in [-0.15, -0.1) is 0 Å². The van der Waals surface area contributed by atoms with Gasteiger partial charge >= 0.3 is 0 Å². The lowest BCUT2D eigenvalue weighted by atomic mass is 10.2. The van der Waals surface area contributed by atoms with Crippen molar-refractivity contribution in [1.82, 2.24) is 19.9 Å². The summed E-state index contributed by atoms with van der Waals surface area (Å²) < 4.78 is 16.8. The Morgan fingerprint density at radius 2 is 1.71 bits per heavy atom. The molecule has 3 aromatic rings. The van der Waals surface area contributed by atoms with E-state index in [2.05, 4.69) is 30.5 Å². The molecule has 10 heteroatoms. The van der Waals surface area contributed by atoms with Crippen molar-refractivity contribution in [2.24, 2.45) is 0 Å². The summed E-state index contributed by atoms with van der Waals surface area (Å²) in [5.74, 6) is 2.24. The van der Waals surface area contributed by atoms with Crippen molar-refractivity contribution in [2.45, 2.75) is 13.3 Å². The molecule has 1 saturated heterocycles. The van der Waals surface area contributed by atoms with Crippen molar-refractivity contribution < 1.29 is 19.3 Å². The fourth-order valence-electron chi connectivity index (χ4n) is 3.52. The zero-order valence-corrected chi connectivity index (χ0v) is 19.5. The number of phenols is 1. The van der Waals surface area contributed by atoms with Crippen LogP contribution in [0.25, 0.3) is 0 Å². The van der Waals surface area contributed by atoms with Gasteiger partial charge in [-0.05, 0) is 37.1 Å². The van der Waals surface area contributed by atoms with Crippen LogP contribution >= 0.6 is 0 Å². The summed E-state index contributed by atoms with van der Waals surface area (Å²) in [7, 11) is 1.62. The predicted octanol–water partition coefficient (Wildman–Crippen LogP) is 3.48. The van der Waals surface area contributed by atoms with Gasteiger partial charge in [-0.1, -0.05) is 6.07 Å². The fraction of sp³-hybridized carbons (Fsp3) is 0.375. The molecule has 0 bridgehead atoms. The molecule has 3 N–H and O–H groups in total. The molecular formula is C24H30N6O4. The molecule has 1 fully saturated rings. The highest BCUT2D eigenvalue weighted by Gasteiger charge is 2.11. The molecule has 0 atom stereocenters. The minimum Gasteiger partial charge on any atom is -0.508 e. The molecule has 0 amide bonds. The number of ether oxygens (including phenoxy) is 3. The number of morpholine rings is 1. The Hall–Kier alpha value is -3.63. The summed E-state index contributed by atoms with van der Waals surface area (Å²) in [6.45, 7) is 6.92. The van der Waals surface area contributed by atoms with E-state index in [1.807, 2.05) is 37.3 Å². The van der Waals surface area contributed by atoms with Crippen LogP contribution in [-0.4, -0.2) is 71.5 Å². The van der Waals surface area contributed by atoms with Crippen LogP contribution in [0.2, 0.25) is 0 Å². The van der Waals surface area contributed by atoms with Crippen LogP contribution in [0.15, 0.2) is 42.7 Å². The van der Waals surface area contributed by atoms with Crippen molar-refractivity contribution in [1.29, 1.82) is 0 Å². The Kier molecular flexibility index (Phi) is 7.95. The maximum Gasteiger partial charge on any atom is 0.232 e. The predicted molar refractivity (Wildman–Crippen MR) is 130 cm³/mol. The van der Waals surface area contributed by atoms with Gasteiger partial charge in [-0.25, -0.2) is 9.97 Å². The van der Waals surface area contributed by atoms with E-state index in [4.69, 9.17) is 14.2 Å². The number of aromatic hydroxyl groups is 1. The van der Waals surface area contributed by atoms with Crippen molar-refractivity contribution in [2.75, 3.05) is 57.2 Å². The summed E-state index contributed by atoms with van der Waals surface area (Å²) >= 11 is 0. The maximum atomic E-state index is 9.90. The van der Waals surface area contributed by atoms with E-state index in [0.717, 1.165) is 50.5 Å². The molecule has 180 valence electrons. The Labute approximate surface area is 198 Å². The molecular weight excluding hydrogens is 436 g/mol. The largest absolute Gasteiger partial charge is 0.508 e. The van der Waals surface area contributed by atoms with E-state index in [0.29, 0.717) is 35.7 Å². The van der Waals surface area contributed by atoms with Crippen molar-refractivity contribution in [3.05, 3.63) is 48.3 Å². The molecule has 1 aliphatic heterocycles. The van der Waals surface area contributed by atoms with Gasteiger partial charge in [0.1, 0.15) is 12.1 Å². The number of phenolic OH excluding ortho intramolecular Hbond substituents is 1. The van der Waals surface area contributed by atoms with Gasteiger partial charge in [0.15, 0.2) is 11.5 Å². The summed E-state index contributed by atoms with van der Waals surface area (Å²) in [6, 6.07) is 10.9. The van der Waals surface area contributed by atoms with Gasteiger partial charge in [-0.3, -0.25) is 4.90 Å². The second-order valence-electron chi connectivity index (χ2n) is 7.91. The Morgan fingerprint density at radius 3 is 2.41 bits per heavy atom. The van der Waals surface area contributed by atoms with Crippen LogP contribution in [0.1, 0.15) is 12.0 Å². The molecule has 1 aliphatic rings. The van der Waals surface area contributed by atoms with Gasteiger partial charge in [0.2, 0.25) is 11.9 Å². The van der Waals surface area contributed by atoms with E-state index >= 15 is 0 Å². The lowest BCUT2D eigenvalue weighted by Crippen LogP contribution is -2.37. The summed E-state index contributed by atoms with van der Waals surface area (Å²) in [5, 5.41) is 16.2. The van der Waals surface area contributed by atoms with E-state index in [1.165, 1.54) is 6.33 Å². The Bertz CT molecular complexity index is 1090. The molecule has 0 aliphatic carbocycles. The first-order valence-electron chi connectivity index (χ1n) is 11.2. The topological polar surface area (TPSA) is 114 Å². The highest BCUT2D eigenvalue weighted by atomic mass is 16.5. The zero-order valence-electron chi connectivity index (χ0n) is 19.5. The number of methoxy groups -OCH3 is 1. The molecule has 2 aromatic carbocycles. The summed E-state index contributed by atoms with van der Waals surface area (Å²) in [5.41, 5.74) is 2.23. The minimum absolute atomic E-state index is 0.202. The standard InChI is InChI=1S/C24H30N6O4/c1-17-4-5-18(14-20(17)31)27-23-25-16-26-24(29-23)28-19-6-7-21(32-2)22(15-19)34-11-3-8-30-9-12-33-13-10-30/h4-7,14-16,31H,3,8-13H2,1-2H3,(H2,25,26,27,28,29). The van der Waals surface area contributed by atoms with Crippen LogP contribution < -0.4 is 20.1 Å². The Balaban J connectivity index is 1.37. The first kappa shape index (κ1) is 23.5. The number of benzene rings is 2. The monoisotopic (exact) mass is 466 g/mol.